The van der Waals surface area contributed by atoms with Gasteiger partial charge in [0.15, 0.2) is 16.6 Å². The van der Waals surface area contributed by atoms with Gasteiger partial charge in [-0.1, -0.05) is 41.5 Å². The van der Waals surface area contributed by atoms with Gasteiger partial charge in [-0.25, -0.2) is 0 Å². The monoisotopic (exact) mass is 417 g/mol. The first-order valence-corrected chi connectivity index (χ1v) is 16.0. The van der Waals surface area contributed by atoms with E-state index in [-0.39, 0.29) is 22.1 Å². The molecule has 162 valence electrons. The fraction of sp³-hybridized carbons (Fsp3) is 0.952. The minimum absolute atomic E-state index is 0.1000. The third-order valence-corrected chi connectivity index (χ3v) is 15.7. The Hall–Kier alpha value is -0.176. The van der Waals surface area contributed by atoms with E-state index in [2.05, 4.69) is 67.7 Å². The maximum atomic E-state index is 12.9. The van der Waals surface area contributed by atoms with Gasteiger partial charge < -0.3 is 13.8 Å². The van der Waals surface area contributed by atoms with Crippen LogP contribution in [0.4, 0.5) is 0 Å². The highest BCUT2D eigenvalue weighted by molar-refractivity contribution is 6.74. The Morgan fingerprint density at radius 2 is 1.26 bits per heavy atom. The number of rotatable bonds is 8. The molecule has 0 radical (unpaired) electrons. The Kier molecular flexibility index (Phi) is 8.62. The first kappa shape index (κ1) is 26.8. The lowest BCUT2D eigenvalue weighted by Crippen LogP contribution is -2.53. The minimum atomic E-state index is -2.01. The standard InChI is InChI=1S/C21H47NO3Si2/c1-19(2,3)26(11,12)24-16-15-17(21(7,8)18(23)22(9)10)25-27(13,14)20(4,5)6/h17H,15-16H2,1-14H3/t17-/m0/s1. The second kappa shape index (κ2) is 8.68. The number of hydrogen-bond acceptors (Lipinski definition) is 3. The summed E-state index contributed by atoms with van der Waals surface area (Å²) in [6.07, 6.45) is 0.587. The van der Waals surface area contributed by atoms with E-state index in [1.165, 1.54) is 0 Å². The number of amides is 1. The molecule has 0 spiro atoms. The van der Waals surface area contributed by atoms with Crippen molar-refractivity contribution in [1.82, 2.24) is 4.90 Å². The molecule has 0 aliphatic carbocycles. The van der Waals surface area contributed by atoms with E-state index in [4.69, 9.17) is 8.85 Å². The van der Waals surface area contributed by atoms with Crippen molar-refractivity contribution < 1.29 is 13.6 Å². The van der Waals surface area contributed by atoms with Crippen LogP contribution in [0.15, 0.2) is 0 Å². The summed E-state index contributed by atoms with van der Waals surface area (Å²) < 4.78 is 13.2. The average Bonchev–Trinajstić information content (AvgIpc) is 2.42. The Morgan fingerprint density at radius 3 is 1.59 bits per heavy atom. The van der Waals surface area contributed by atoms with E-state index in [1.54, 1.807) is 4.90 Å². The molecule has 0 unspecified atom stereocenters. The van der Waals surface area contributed by atoms with Crippen molar-refractivity contribution in [3.8, 4) is 0 Å². The summed E-state index contributed by atoms with van der Waals surface area (Å²) in [6.45, 7) is 27.2. The van der Waals surface area contributed by atoms with Crippen LogP contribution in [-0.2, 0) is 13.6 Å². The molecule has 1 atom stereocenters. The van der Waals surface area contributed by atoms with Gasteiger partial charge >= 0.3 is 0 Å². The summed E-state index contributed by atoms with van der Waals surface area (Å²) in [7, 11) is -0.182. The molecular formula is C21H47NO3Si2. The number of nitrogens with zero attached hydrogens (tertiary/aromatic N) is 1. The van der Waals surface area contributed by atoms with Gasteiger partial charge in [-0.05, 0) is 56.5 Å². The van der Waals surface area contributed by atoms with Gasteiger partial charge in [-0.3, -0.25) is 4.79 Å². The highest BCUT2D eigenvalue weighted by Crippen LogP contribution is 2.41. The summed E-state index contributed by atoms with van der Waals surface area (Å²) in [5, 5.41) is 0.278. The Balaban J connectivity index is 5.54. The third-order valence-electron chi connectivity index (χ3n) is 6.65. The molecule has 0 saturated carbocycles. The predicted octanol–water partition coefficient (Wildman–Crippen LogP) is 5.90. The molecule has 0 aromatic heterocycles. The number of carbonyl (C=O) groups excluding carboxylic acids is 1. The van der Waals surface area contributed by atoms with Crippen LogP contribution >= 0.6 is 0 Å². The van der Waals surface area contributed by atoms with E-state index >= 15 is 0 Å². The molecule has 0 bridgehead atoms. The lowest BCUT2D eigenvalue weighted by atomic mass is 9.83. The molecule has 0 N–H and O–H groups in total. The molecule has 0 aliphatic heterocycles. The molecule has 1 amide bonds. The SMILES string of the molecule is CN(C)C(=O)C(C)(C)[C@H](CCO[Si](C)(C)C(C)(C)C)O[Si](C)(C)C(C)(C)C. The van der Waals surface area contributed by atoms with Crippen LogP contribution in [0.5, 0.6) is 0 Å². The van der Waals surface area contributed by atoms with E-state index in [9.17, 15) is 4.79 Å². The maximum Gasteiger partial charge on any atom is 0.230 e. The molecule has 6 heteroatoms. The molecule has 27 heavy (non-hydrogen) atoms. The summed E-state index contributed by atoms with van der Waals surface area (Å²) >= 11 is 0. The summed E-state index contributed by atoms with van der Waals surface area (Å²) in [5.74, 6) is 0.110. The molecule has 0 saturated heterocycles. The summed E-state index contributed by atoms with van der Waals surface area (Å²) in [4.78, 5) is 14.6. The normalized spacial score (nSPS) is 15.6. The maximum absolute atomic E-state index is 12.9. The topological polar surface area (TPSA) is 38.8 Å². The Bertz CT molecular complexity index is 501. The second-order valence-electron chi connectivity index (χ2n) is 11.7. The molecule has 0 aromatic rings. The van der Waals surface area contributed by atoms with Crippen molar-refractivity contribution >= 4 is 22.5 Å². The second-order valence-corrected chi connectivity index (χ2v) is 21.3. The molecular weight excluding hydrogens is 370 g/mol. The van der Waals surface area contributed by atoms with Crippen LogP contribution < -0.4 is 0 Å². The molecule has 0 rings (SSSR count). The lowest BCUT2D eigenvalue weighted by Gasteiger charge is -2.45. The predicted molar refractivity (Wildman–Crippen MR) is 122 cm³/mol. The fourth-order valence-corrected chi connectivity index (χ4v) is 4.99. The third kappa shape index (κ3) is 6.98. The van der Waals surface area contributed by atoms with Gasteiger partial charge in [0.25, 0.3) is 0 Å². The first-order valence-electron chi connectivity index (χ1n) is 10.2. The zero-order valence-electron chi connectivity index (χ0n) is 20.7. The fourth-order valence-electron chi connectivity index (χ4n) is 2.45. The smallest absolute Gasteiger partial charge is 0.230 e. The lowest BCUT2D eigenvalue weighted by molar-refractivity contribution is -0.143. The quantitative estimate of drug-likeness (QED) is 0.461. The number of carbonyl (C=O) groups is 1. The number of hydrogen-bond donors (Lipinski definition) is 0. The van der Waals surface area contributed by atoms with E-state index in [0.29, 0.717) is 6.61 Å². The molecule has 0 aromatic carbocycles. The van der Waals surface area contributed by atoms with Crippen LogP contribution in [0, 0.1) is 5.41 Å². The Labute approximate surface area is 171 Å². The molecule has 4 nitrogen and oxygen atoms in total. The zero-order valence-corrected chi connectivity index (χ0v) is 22.7. The highest BCUT2D eigenvalue weighted by atomic mass is 28.4. The van der Waals surface area contributed by atoms with Crippen LogP contribution in [0.3, 0.4) is 0 Å². The zero-order chi connectivity index (χ0) is 22.1. The van der Waals surface area contributed by atoms with Crippen molar-refractivity contribution in [1.29, 1.82) is 0 Å². The van der Waals surface area contributed by atoms with Crippen LogP contribution in [0.2, 0.25) is 36.3 Å². The first-order chi connectivity index (χ1) is 11.7. The van der Waals surface area contributed by atoms with Crippen molar-refractivity contribution in [3.05, 3.63) is 0 Å². The van der Waals surface area contributed by atoms with Crippen LogP contribution in [0.25, 0.3) is 0 Å². The van der Waals surface area contributed by atoms with Crippen molar-refractivity contribution in [2.45, 2.75) is 104 Å². The highest BCUT2D eigenvalue weighted by Gasteiger charge is 2.46. The summed E-state index contributed by atoms with van der Waals surface area (Å²) in [5.41, 5.74) is -0.587. The average molecular weight is 418 g/mol. The van der Waals surface area contributed by atoms with Gasteiger partial charge in [-0.2, -0.15) is 0 Å². The van der Waals surface area contributed by atoms with E-state index in [1.807, 2.05) is 27.9 Å². The summed E-state index contributed by atoms with van der Waals surface area (Å²) in [6, 6.07) is 0. The largest absolute Gasteiger partial charge is 0.417 e. The molecule has 0 aliphatic rings. The van der Waals surface area contributed by atoms with Gasteiger partial charge in [0.2, 0.25) is 5.91 Å². The van der Waals surface area contributed by atoms with Crippen LogP contribution in [-0.4, -0.2) is 54.2 Å². The van der Waals surface area contributed by atoms with Crippen molar-refractivity contribution in [2.24, 2.45) is 5.41 Å². The van der Waals surface area contributed by atoms with Gasteiger partial charge in [0.05, 0.1) is 11.5 Å². The van der Waals surface area contributed by atoms with Gasteiger partial charge in [0, 0.05) is 20.7 Å². The molecule has 0 fully saturated rings. The van der Waals surface area contributed by atoms with Gasteiger partial charge in [-0.15, -0.1) is 0 Å². The Morgan fingerprint density at radius 1 is 0.852 bits per heavy atom. The molecule has 0 heterocycles. The van der Waals surface area contributed by atoms with Gasteiger partial charge in [0.1, 0.15) is 0 Å². The van der Waals surface area contributed by atoms with Crippen LogP contribution in [0.1, 0.15) is 61.8 Å². The van der Waals surface area contributed by atoms with Crippen molar-refractivity contribution in [2.75, 3.05) is 20.7 Å². The van der Waals surface area contributed by atoms with E-state index in [0.717, 1.165) is 6.42 Å². The van der Waals surface area contributed by atoms with Crippen molar-refractivity contribution in [3.63, 3.8) is 0 Å². The van der Waals surface area contributed by atoms with E-state index < -0.39 is 22.0 Å². The minimum Gasteiger partial charge on any atom is -0.417 e.